The van der Waals surface area contributed by atoms with E-state index in [1.165, 1.54) is 25.2 Å². The molecule has 0 saturated heterocycles. The van der Waals surface area contributed by atoms with Gasteiger partial charge in [-0.2, -0.15) is 0 Å². The average Bonchev–Trinajstić information content (AvgIpc) is 2.71. The Morgan fingerprint density at radius 3 is 2.39 bits per heavy atom. The minimum atomic E-state index is -3.72. The van der Waals surface area contributed by atoms with Crippen LogP contribution in [0.2, 0.25) is 5.02 Å². The van der Waals surface area contributed by atoms with Crippen LogP contribution in [0.1, 0.15) is 15.9 Å². The molecule has 0 aliphatic heterocycles. The molecule has 5 nitrogen and oxygen atoms in total. The highest BCUT2D eigenvalue weighted by Gasteiger charge is 2.21. The molecule has 0 aromatic heterocycles. The SMILES string of the molecule is Cc1ccc(Cl)cc1NC(=O)c1cccc(N(C)S(=O)(=O)c2ccccc2)c1. The number of halogens is 1. The third-order valence-corrected chi connectivity index (χ3v) is 6.36. The van der Waals surface area contributed by atoms with Crippen molar-refractivity contribution in [2.45, 2.75) is 11.8 Å². The van der Waals surface area contributed by atoms with E-state index in [9.17, 15) is 13.2 Å². The van der Waals surface area contributed by atoms with Crippen molar-refractivity contribution in [3.8, 4) is 0 Å². The molecule has 0 aliphatic carbocycles. The zero-order valence-corrected chi connectivity index (χ0v) is 17.0. The Kier molecular flexibility index (Phi) is 5.72. The van der Waals surface area contributed by atoms with Crippen LogP contribution in [-0.4, -0.2) is 21.4 Å². The van der Waals surface area contributed by atoms with Gasteiger partial charge >= 0.3 is 0 Å². The molecule has 3 rings (SSSR count). The van der Waals surface area contributed by atoms with Crippen molar-refractivity contribution in [1.29, 1.82) is 0 Å². The quantitative estimate of drug-likeness (QED) is 0.656. The van der Waals surface area contributed by atoms with Crippen LogP contribution in [0.4, 0.5) is 11.4 Å². The Morgan fingerprint density at radius 2 is 1.68 bits per heavy atom. The van der Waals surface area contributed by atoms with Gasteiger partial charge in [-0.25, -0.2) is 8.42 Å². The third-order valence-electron chi connectivity index (χ3n) is 4.32. The molecule has 0 bridgehead atoms. The lowest BCUT2D eigenvalue weighted by Crippen LogP contribution is -2.26. The Bertz CT molecular complexity index is 1120. The lowest BCUT2D eigenvalue weighted by Gasteiger charge is -2.20. The monoisotopic (exact) mass is 414 g/mol. The number of aryl methyl sites for hydroxylation is 1. The predicted octanol–water partition coefficient (Wildman–Crippen LogP) is 4.73. The van der Waals surface area contributed by atoms with E-state index >= 15 is 0 Å². The molecule has 0 radical (unpaired) electrons. The standard InChI is InChI=1S/C21H19ClN2O3S/c1-15-11-12-17(22)14-20(15)23-21(25)16-7-6-8-18(13-16)24(2)28(26,27)19-9-4-3-5-10-19/h3-14H,1-2H3,(H,23,25). The van der Waals surface area contributed by atoms with Gasteiger partial charge in [0.05, 0.1) is 10.6 Å². The van der Waals surface area contributed by atoms with Crippen LogP contribution in [0.5, 0.6) is 0 Å². The fraction of sp³-hybridized carbons (Fsp3) is 0.0952. The highest BCUT2D eigenvalue weighted by atomic mass is 35.5. The normalized spacial score (nSPS) is 11.1. The summed E-state index contributed by atoms with van der Waals surface area (Å²) < 4.78 is 26.8. The number of nitrogens with one attached hydrogen (secondary N) is 1. The maximum absolute atomic E-state index is 12.8. The van der Waals surface area contributed by atoms with Crippen LogP contribution >= 0.6 is 11.6 Å². The molecule has 144 valence electrons. The molecule has 0 spiro atoms. The number of sulfonamides is 1. The van der Waals surface area contributed by atoms with Crippen molar-refractivity contribution in [2.75, 3.05) is 16.7 Å². The van der Waals surface area contributed by atoms with E-state index in [0.29, 0.717) is 22.0 Å². The largest absolute Gasteiger partial charge is 0.322 e. The molecule has 0 fully saturated rings. The number of hydrogen-bond acceptors (Lipinski definition) is 3. The van der Waals surface area contributed by atoms with Gasteiger partial charge in [0.15, 0.2) is 0 Å². The number of hydrogen-bond donors (Lipinski definition) is 1. The second-order valence-electron chi connectivity index (χ2n) is 6.25. The van der Waals surface area contributed by atoms with Gasteiger partial charge in [-0.1, -0.05) is 41.9 Å². The summed E-state index contributed by atoms with van der Waals surface area (Å²) >= 11 is 6.00. The summed E-state index contributed by atoms with van der Waals surface area (Å²) in [6, 6.07) is 19.8. The summed E-state index contributed by atoms with van der Waals surface area (Å²) in [4.78, 5) is 12.8. The Hall–Kier alpha value is -2.83. The van der Waals surface area contributed by atoms with Gasteiger partial charge in [0.2, 0.25) is 0 Å². The topological polar surface area (TPSA) is 66.5 Å². The fourth-order valence-corrected chi connectivity index (χ4v) is 4.04. The Balaban J connectivity index is 1.87. The van der Waals surface area contributed by atoms with E-state index < -0.39 is 10.0 Å². The molecule has 0 aliphatic rings. The van der Waals surface area contributed by atoms with Crippen LogP contribution in [0.25, 0.3) is 0 Å². The van der Waals surface area contributed by atoms with Crippen molar-refractivity contribution in [3.05, 3.63) is 88.9 Å². The van der Waals surface area contributed by atoms with Crippen molar-refractivity contribution < 1.29 is 13.2 Å². The summed E-state index contributed by atoms with van der Waals surface area (Å²) in [6.45, 7) is 1.86. The molecule has 3 aromatic carbocycles. The summed E-state index contributed by atoms with van der Waals surface area (Å²) in [5.74, 6) is -0.349. The highest BCUT2D eigenvalue weighted by molar-refractivity contribution is 7.92. The van der Waals surface area contributed by atoms with Gasteiger partial charge in [0.25, 0.3) is 15.9 Å². The van der Waals surface area contributed by atoms with Crippen molar-refractivity contribution in [3.63, 3.8) is 0 Å². The Labute approximate surface area is 169 Å². The summed E-state index contributed by atoms with van der Waals surface area (Å²) in [7, 11) is -2.26. The van der Waals surface area contributed by atoms with E-state index in [4.69, 9.17) is 11.6 Å². The average molecular weight is 415 g/mol. The molecule has 3 aromatic rings. The second-order valence-corrected chi connectivity index (χ2v) is 8.65. The number of amides is 1. The van der Waals surface area contributed by atoms with Crippen LogP contribution in [0.15, 0.2) is 77.7 Å². The molecule has 0 saturated carbocycles. The number of carbonyl (C=O) groups excluding carboxylic acids is 1. The molecular formula is C21H19ClN2O3S. The van der Waals surface area contributed by atoms with Crippen LogP contribution < -0.4 is 9.62 Å². The number of nitrogens with zero attached hydrogens (tertiary/aromatic N) is 1. The molecule has 7 heteroatoms. The van der Waals surface area contributed by atoms with Crippen LogP contribution in [0, 0.1) is 6.92 Å². The first-order valence-electron chi connectivity index (χ1n) is 8.50. The summed E-state index contributed by atoms with van der Waals surface area (Å²) in [6.07, 6.45) is 0. The highest BCUT2D eigenvalue weighted by Crippen LogP contribution is 2.24. The van der Waals surface area contributed by atoms with E-state index in [1.54, 1.807) is 48.5 Å². The van der Waals surface area contributed by atoms with Gasteiger partial charge in [0.1, 0.15) is 0 Å². The molecule has 28 heavy (non-hydrogen) atoms. The third kappa shape index (κ3) is 4.18. The lowest BCUT2D eigenvalue weighted by molar-refractivity contribution is 0.102. The van der Waals surface area contributed by atoms with E-state index in [0.717, 1.165) is 9.87 Å². The molecule has 1 amide bonds. The first-order valence-corrected chi connectivity index (χ1v) is 10.3. The van der Waals surface area contributed by atoms with E-state index in [-0.39, 0.29) is 10.8 Å². The van der Waals surface area contributed by atoms with Crippen molar-refractivity contribution >= 4 is 38.9 Å². The molecule has 0 heterocycles. The number of benzene rings is 3. The molecular weight excluding hydrogens is 396 g/mol. The van der Waals surface area contributed by atoms with Crippen LogP contribution in [0.3, 0.4) is 0 Å². The Morgan fingerprint density at radius 1 is 0.964 bits per heavy atom. The van der Waals surface area contributed by atoms with E-state index in [1.807, 2.05) is 13.0 Å². The smallest absolute Gasteiger partial charge is 0.264 e. The van der Waals surface area contributed by atoms with Crippen molar-refractivity contribution in [2.24, 2.45) is 0 Å². The zero-order chi connectivity index (χ0) is 20.3. The summed E-state index contributed by atoms with van der Waals surface area (Å²) in [5.41, 5.74) is 2.21. The minimum absolute atomic E-state index is 0.182. The number of rotatable bonds is 5. The minimum Gasteiger partial charge on any atom is -0.322 e. The molecule has 0 atom stereocenters. The maximum Gasteiger partial charge on any atom is 0.264 e. The first kappa shape index (κ1) is 19.9. The van der Waals surface area contributed by atoms with Gasteiger partial charge < -0.3 is 5.32 Å². The summed E-state index contributed by atoms with van der Waals surface area (Å²) in [5, 5.41) is 3.33. The fourth-order valence-electron chi connectivity index (χ4n) is 2.66. The molecule has 1 N–H and O–H groups in total. The second kappa shape index (κ2) is 8.04. The van der Waals surface area contributed by atoms with Crippen molar-refractivity contribution in [1.82, 2.24) is 0 Å². The van der Waals surface area contributed by atoms with Gasteiger partial charge in [0, 0.05) is 23.3 Å². The molecule has 0 unspecified atom stereocenters. The first-order chi connectivity index (χ1) is 13.3. The van der Waals surface area contributed by atoms with Gasteiger partial charge in [-0.05, 0) is 55.0 Å². The predicted molar refractivity (Wildman–Crippen MR) is 113 cm³/mol. The number of carbonyl (C=O) groups is 1. The van der Waals surface area contributed by atoms with Crippen LogP contribution in [-0.2, 0) is 10.0 Å². The van der Waals surface area contributed by atoms with E-state index in [2.05, 4.69) is 5.32 Å². The zero-order valence-electron chi connectivity index (χ0n) is 15.4. The number of anilines is 2. The maximum atomic E-state index is 12.8. The van der Waals surface area contributed by atoms with Gasteiger partial charge in [-0.3, -0.25) is 9.10 Å². The lowest BCUT2D eigenvalue weighted by atomic mass is 10.1. The van der Waals surface area contributed by atoms with Gasteiger partial charge in [-0.15, -0.1) is 0 Å².